The number of esters is 2. The minimum atomic E-state index is -1.83. The second-order valence-corrected chi connectivity index (χ2v) is 14.4. The molecule has 0 aromatic rings. The lowest BCUT2D eigenvalue weighted by atomic mass is 9.72. The number of unbranched alkanes of at least 4 members (excludes halogenated alkanes) is 1. The average molecular weight is 739 g/mol. The molecule has 14 heteroatoms. The highest BCUT2D eigenvalue weighted by Crippen LogP contribution is 2.40. The number of carbonyl (C=O) groups excluding carboxylic acids is 2. The van der Waals surface area contributed by atoms with Gasteiger partial charge in [0.15, 0.2) is 6.29 Å². The summed E-state index contributed by atoms with van der Waals surface area (Å²) in [5.41, 5.74) is 5.13. The Balaban J connectivity index is 1.36. The van der Waals surface area contributed by atoms with E-state index in [2.05, 4.69) is 39.8 Å². The van der Waals surface area contributed by atoms with Gasteiger partial charge in [-0.2, -0.15) is 0 Å². The van der Waals surface area contributed by atoms with Crippen LogP contribution in [0.1, 0.15) is 79.6 Å². The highest BCUT2D eigenvalue weighted by atomic mass is 16.7. The van der Waals surface area contributed by atoms with E-state index in [4.69, 9.17) is 23.7 Å². The predicted octanol–water partition coefficient (Wildman–Crippen LogP) is 1.79. The summed E-state index contributed by atoms with van der Waals surface area (Å²) in [5.74, 6) is -1.22. The van der Waals surface area contributed by atoms with Gasteiger partial charge in [-0.25, -0.2) is 0 Å². The van der Waals surface area contributed by atoms with E-state index in [1.165, 1.54) is 24.0 Å². The molecule has 10 atom stereocenters. The number of aliphatic hydroxyl groups is 7. The summed E-state index contributed by atoms with van der Waals surface area (Å²) >= 11 is 0. The largest absolute Gasteiger partial charge is 0.461 e. The number of allylic oxidation sites excluding steroid dienone is 9. The summed E-state index contributed by atoms with van der Waals surface area (Å²) in [5, 5.41) is 70.7. The second-order valence-electron chi connectivity index (χ2n) is 14.4. The first-order valence-electron chi connectivity index (χ1n) is 17.9. The number of carbonyl (C=O) groups is 2. The van der Waals surface area contributed by atoms with Gasteiger partial charge in [0.25, 0.3) is 0 Å². The summed E-state index contributed by atoms with van der Waals surface area (Å²) in [7, 11) is 0. The fourth-order valence-corrected chi connectivity index (χ4v) is 6.42. The fraction of sp³-hybridized carbons (Fsp3) is 0.684. The Labute approximate surface area is 305 Å². The van der Waals surface area contributed by atoms with Gasteiger partial charge in [-0.1, -0.05) is 60.9 Å². The van der Waals surface area contributed by atoms with Crippen molar-refractivity contribution in [3.8, 4) is 0 Å². The van der Waals surface area contributed by atoms with Crippen LogP contribution in [-0.2, 0) is 33.3 Å². The van der Waals surface area contributed by atoms with Crippen molar-refractivity contribution in [2.45, 2.75) is 141 Å². The Morgan fingerprint density at radius 1 is 0.827 bits per heavy atom. The number of rotatable bonds is 16. The zero-order chi connectivity index (χ0) is 38.6. The van der Waals surface area contributed by atoms with E-state index in [9.17, 15) is 45.3 Å². The summed E-state index contributed by atoms with van der Waals surface area (Å²) in [4.78, 5) is 24.6. The van der Waals surface area contributed by atoms with E-state index < -0.39 is 86.6 Å². The molecule has 2 saturated heterocycles. The SMILES string of the molecule is CC1=C(/C=C/C(C)=C/C=C/C(C)=C/COC(=O)CCCCC(=O)OC2O[C@H](CO)[C@@H](O[C@H]3O[C@H](CO)[C@@H](O)[C@H](O)[C@H]3O)[C@H](O)[C@H]2O)C(C)(C)CCC1. The Hall–Kier alpha value is -2.76. The van der Waals surface area contributed by atoms with Crippen molar-refractivity contribution in [2.24, 2.45) is 5.41 Å². The Bertz CT molecular complexity index is 1330. The third kappa shape index (κ3) is 12.4. The van der Waals surface area contributed by atoms with Gasteiger partial charge in [0.1, 0.15) is 55.4 Å². The molecule has 0 spiro atoms. The van der Waals surface area contributed by atoms with Crippen molar-refractivity contribution in [1.29, 1.82) is 0 Å². The van der Waals surface area contributed by atoms with E-state index in [1.807, 2.05) is 25.2 Å². The van der Waals surface area contributed by atoms with Crippen LogP contribution in [0.25, 0.3) is 0 Å². The maximum Gasteiger partial charge on any atom is 0.308 e. The van der Waals surface area contributed by atoms with Crippen LogP contribution in [0.5, 0.6) is 0 Å². The lowest BCUT2D eigenvalue weighted by molar-refractivity contribution is -0.355. The van der Waals surface area contributed by atoms with Crippen LogP contribution >= 0.6 is 0 Å². The maximum atomic E-state index is 12.4. The van der Waals surface area contributed by atoms with E-state index in [1.54, 1.807) is 6.08 Å². The lowest BCUT2D eigenvalue weighted by Crippen LogP contribution is -2.64. The van der Waals surface area contributed by atoms with Crippen LogP contribution < -0.4 is 0 Å². The van der Waals surface area contributed by atoms with E-state index in [-0.39, 0.29) is 31.3 Å². The molecule has 0 aromatic carbocycles. The molecule has 0 saturated carbocycles. The van der Waals surface area contributed by atoms with Crippen LogP contribution in [0.4, 0.5) is 0 Å². The molecule has 0 aromatic heterocycles. The Kier molecular flexibility index (Phi) is 17.3. The van der Waals surface area contributed by atoms with Crippen LogP contribution in [0.15, 0.2) is 58.7 Å². The first kappa shape index (κ1) is 43.6. The molecule has 2 heterocycles. The third-order valence-corrected chi connectivity index (χ3v) is 9.64. The monoisotopic (exact) mass is 738 g/mol. The van der Waals surface area contributed by atoms with Crippen molar-refractivity contribution < 1.29 is 69.0 Å². The Morgan fingerprint density at radius 2 is 1.46 bits per heavy atom. The van der Waals surface area contributed by atoms with Crippen LogP contribution in [0, 0.1) is 5.41 Å². The summed E-state index contributed by atoms with van der Waals surface area (Å²) in [6, 6.07) is 0. The molecule has 0 amide bonds. The van der Waals surface area contributed by atoms with Gasteiger partial charge < -0.3 is 59.4 Å². The number of ether oxygens (including phenoxy) is 5. The van der Waals surface area contributed by atoms with Crippen molar-refractivity contribution in [3.05, 3.63) is 58.7 Å². The topological polar surface area (TPSA) is 222 Å². The number of hydrogen-bond donors (Lipinski definition) is 7. The standard InChI is InChI=1S/C38H58O14/c1-22(15-16-25-24(3)12-9-18-38(25,4)5)10-8-11-23(2)17-19-48-28(41)13-6-7-14-29(42)51-36-34(47)32(45)35(27(21-40)50-36)52-37-33(46)31(44)30(43)26(20-39)49-37/h8,10-11,15-17,26-27,30-37,39-40,43-47H,6-7,9,12-14,18-21H2,1-5H3/b11-8+,16-15+,22-10+,23-17+/t26-,27-,30-,31+,32-,33-,34-,35-,36?,37-/m1/s1. The molecule has 294 valence electrons. The zero-order valence-electron chi connectivity index (χ0n) is 30.8. The minimum Gasteiger partial charge on any atom is -0.461 e. The van der Waals surface area contributed by atoms with Gasteiger partial charge in [-0.15, -0.1) is 0 Å². The highest BCUT2D eigenvalue weighted by molar-refractivity contribution is 5.70. The van der Waals surface area contributed by atoms with Crippen LogP contribution in [-0.4, -0.2) is 129 Å². The molecule has 2 fully saturated rings. The van der Waals surface area contributed by atoms with Gasteiger partial charge >= 0.3 is 11.9 Å². The normalized spacial score (nSPS) is 33.2. The molecule has 52 heavy (non-hydrogen) atoms. The van der Waals surface area contributed by atoms with Gasteiger partial charge in [0.2, 0.25) is 6.29 Å². The Morgan fingerprint density at radius 3 is 2.12 bits per heavy atom. The molecule has 1 unspecified atom stereocenters. The molecule has 0 radical (unpaired) electrons. The molecule has 7 N–H and O–H groups in total. The molecule has 3 rings (SSSR count). The summed E-state index contributed by atoms with van der Waals surface area (Å²) in [6.07, 6.45) is -0.156. The molecule has 1 aliphatic carbocycles. The number of hydrogen-bond acceptors (Lipinski definition) is 14. The smallest absolute Gasteiger partial charge is 0.308 e. The molecule has 3 aliphatic rings. The quantitative estimate of drug-likeness (QED) is 0.0682. The predicted molar refractivity (Wildman–Crippen MR) is 188 cm³/mol. The van der Waals surface area contributed by atoms with E-state index in [0.29, 0.717) is 6.42 Å². The van der Waals surface area contributed by atoms with Crippen molar-refractivity contribution >= 4 is 11.9 Å². The van der Waals surface area contributed by atoms with E-state index >= 15 is 0 Å². The maximum absolute atomic E-state index is 12.4. The van der Waals surface area contributed by atoms with Gasteiger partial charge in [-0.05, 0) is 69.9 Å². The van der Waals surface area contributed by atoms with Crippen molar-refractivity contribution in [3.63, 3.8) is 0 Å². The molecular formula is C38H58O14. The van der Waals surface area contributed by atoms with Crippen LogP contribution in [0.3, 0.4) is 0 Å². The molecular weight excluding hydrogens is 680 g/mol. The first-order valence-corrected chi connectivity index (χ1v) is 17.9. The van der Waals surface area contributed by atoms with Crippen LogP contribution in [0.2, 0.25) is 0 Å². The fourth-order valence-electron chi connectivity index (χ4n) is 6.42. The third-order valence-electron chi connectivity index (χ3n) is 9.64. The van der Waals surface area contributed by atoms with Crippen molar-refractivity contribution in [2.75, 3.05) is 19.8 Å². The summed E-state index contributed by atoms with van der Waals surface area (Å²) in [6.45, 7) is 9.40. The van der Waals surface area contributed by atoms with Gasteiger partial charge in [0, 0.05) is 12.8 Å². The molecule has 2 aliphatic heterocycles. The average Bonchev–Trinajstić information content (AvgIpc) is 3.09. The van der Waals surface area contributed by atoms with Gasteiger partial charge in [0.05, 0.1) is 13.2 Å². The first-order chi connectivity index (χ1) is 24.6. The van der Waals surface area contributed by atoms with E-state index in [0.717, 1.165) is 17.6 Å². The molecule has 0 bridgehead atoms. The zero-order valence-corrected chi connectivity index (χ0v) is 30.8. The highest BCUT2D eigenvalue weighted by Gasteiger charge is 2.51. The number of aliphatic hydroxyl groups excluding tert-OH is 7. The second kappa shape index (κ2) is 20.6. The molecule has 14 nitrogen and oxygen atoms in total. The lowest BCUT2D eigenvalue weighted by Gasteiger charge is -2.45. The summed E-state index contributed by atoms with van der Waals surface area (Å²) < 4.78 is 26.6. The minimum absolute atomic E-state index is 0.0712. The van der Waals surface area contributed by atoms with Crippen molar-refractivity contribution in [1.82, 2.24) is 0 Å². The van der Waals surface area contributed by atoms with Gasteiger partial charge in [-0.3, -0.25) is 9.59 Å².